The fourth-order valence-electron chi connectivity index (χ4n) is 0.750. The summed E-state index contributed by atoms with van der Waals surface area (Å²) in [5.41, 5.74) is 0. The molecule has 0 saturated carbocycles. The molecule has 3 unspecified atom stereocenters. The molecular formula is C6Cl4F9I. The molecule has 0 aromatic carbocycles. The van der Waals surface area contributed by atoms with E-state index in [-0.39, 0.29) is 22.6 Å². The van der Waals surface area contributed by atoms with Gasteiger partial charge in [0.2, 0.25) is 0 Å². The van der Waals surface area contributed by atoms with Gasteiger partial charge >= 0.3 is 30.6 Å². The van der Waals surface area contributed by atoms with Crippen LogP contribution in [-0.4, -0.2) is 30.6 Å². The lowest BCUT2D eigenvalue weighted by Gasteiger charge is -2.41. The highest BCUT2D eigenvalue weighted by molar-refractivity contribution is 14.1. The zero-order valence-electron chi connectivity index (χ0n) is 8.29. The minimum atomic E-state index is -6.55. The van der Waals surface area contributed by atoms with Crippen molar-refractivity contribution in [2.75, 3.05) is 0 Å². The summed E-state index contributed by atoms with van der Waals surface area (Å²) in [6, 6.07) is 0. The minimum absolute atomic E-state index is 0.0613. The maximum Gasteiger partial charge on any atom is 0.375 e. The second-order valence-corrected chi connectivity index (χ2v) is 7.45. The second kappa shape index (κ2) is 5.41. The molecule has 0 aromatic heterocycles. The third kappa shape index (κ3) is 3.00. The van der Waals surface area contributed by atoms with Crippen LogP contribution in [0.3, 0.4) is 0 Å². The highest BCUT2D eigenvalue weighted by Crippen LogP contribution is 2.63. The molecule has 0 bridgehead atoms. The first-order valence-electron chi connectivity index (χ1n) is 3.90. The summed E-state index contributed by atoms with van der Waals surface area (Å²) in [4.78, 5) is 0. The molecule has 0 aliphatic heterocycles. The standard InChI is InChI=1S/C6Cl4F9I/c7-1(11,4(15,16)6(10,19)20)3(13,14)2(8,12)5(9,17)18. The maximum absolute atomic E-state index is 13.4. The van der Waals surface area contributed by atoms with Crippen LogP contribution < -0.4 is 0 Å². The summed E-state index contributed by atoms with van der Waals surface area (Å²) in [5, 5.41) is -17.7. The first-order chi connectivity index (χ1) is 8.25. The molecule has 0 fully saturated rings. The molecule has 0 saturated heterocycles. The molecular weight excluding hydrogens is 512 g/mol. The van der Waals surface area contributed by atoms with E-state index in [4.69, 9.17) is 0 Å². The van der Waals surface area contributed by atoms with Crippen molar-refractivity contribution in [1.82, 2.24) is 0 Å². The molecule has 0 aromatic rings. The Morgan fingerprint density at radius 3 is 1.05 bits per heavy atom. The second-order valence-electron chi connectivity index (χ2n) is 3.29. The summed E-state index contributed by atoms with van der Waals surface area (Å²) >= 11 is 16.2. The van der Waals surface area contributed by atoms with E-state index in [0.717, 1.165) is 0 Å². The smallest absolute Gasteiger partial charge is 0.212 e. The van der Waals surface area contributed by atoms with Gasteiger partial charge in [0.1, 0.15) is 0 Å². The van der Waals surface area contributed by atoms with Crippen molar-refractivity contribution in [3.05, 3.63) is 0 Å². The summed E-state index contributed by atoms with van der Waals surface area (Å²) in [6.45, 7) is 0. The molecule has 0 rings (SSSR count). The summed E-state index contributed by atoms with van der Waals surface area (Å²) in [5.74, 6) is -12.6. The molecule has 0 aliphatic carbocycles. The van der Waals surface area contributed by atoms with Crippen LogP contribution in [0.4, 0.5) is 39.5 Å². The molecule has 0 amide bonds. The summed E-state index contributed by atoms with van der Waals surface area (Å²) in [6.07, 6.45) is 0. The minimum Gasteiger partial charge on any atom is -0.212 e. The fraction of sp³-hybridized carbons (Fsp3) is 1.00. The van der Waals surface area contributed by atoms with Crippen LogP contribution in [0.5, 0.6) is 0 Å². The van der Waals surface area contributed by atoms with Gasteiger partial charge in [-0.15, -0.1) is 0 Å². The Morgan fingerprint density at radius 2 is 0.850 bits per heavy atom. The molecule has 20 heavy (non-hydrogen) atoms. The van der Waals surface area contributed by atoms with E-state index in [1.165, 1.54) is 0 Å². The zero-order chi connectivity index (χ0) is 17.0. The van der Waals surface area contributed by atoms with Crippen molar-refractivity contribution < 1.29 is 39.5 Å². The Bertz CT molecular complexity index is 336. The van der Waals surface area contributed by atoms with Gasteiger partial charge in [0.05, 0.1) is 0 Å². The van der Waals surface area contributed by atoms with E-state index in [2.05, 4.69) is 46.4 Å². The van der Waals surface area contributed by atoms with E-state index in [9.17, 15) is 39.5 Å². The Morgan fingerprint density at radius 1 is 0.550 bits per heavy atom. The molecule has 0 nitrogen and oxygen atoms in total. The summed E-state index contributed by atoms with van der Waals surface area (Å²) in [7, 11) is 0. The zero-order valence-corrected chi connectivity index (χ0v) is 13.5. The highest BCUT2D eigenvalue weighted by Gasteiger charge is 2.86. The Balaban J connectivity index is 6.08. The van der Waals surface area contributed by atoms with E-state index < -0.39 is 30.6 Å². The Hall–Kier alpha value is 1.26. The third-order valence-electron chi connectivity index (χ3n) is 1.90. The van der Waals surface area contributed by atoms with Gasteiger partial charge in [0.25, 0.3) is 0 Å². The fourth-order valence-corrected chi connectivity index (χ4v) is 2.02. The molecule has 14 heteroatoms. The van der Waals surface area contributed by atoms with Gasteiger partial charge in [-0.2, -0.15) is 26.3 Å². The lowest BCUT2D eigenvalue weighted by atomic mass is 10.0. The van der Waals surface area contributed by atoms with E-state index in [1.807, 2.05) is 0 Å². The van der Waals surface area contributed by atoms with Crippen molar-refractivity contribution in [2.24, 2.45) is 0 Å². The van der Waals surface area contributed by atoms with Crippen molar-refractivity contribution >= 4 is 69.0 Å². The lowest BCUT2D eigenvalue weighted by Crippen LogP contribution is -2.67. The predicted molar refractivity (Wildman–Crippen MR) is 63.8 cm³/mol. The normalized spacial score (nSPS) is 23.7. The third-order valence-corrected chi connectivity index (χ3v) is 4.12. The van der Waals surface area contributed by atoms with Gasteiger partial charge in [-0.25, -0.2) is 13.2 Å². The molecule has 0 heterocycles. The average molecular weight is 512 g/mol. The van der Waals surface area contributed by atoms with Gasteiger partial charge in [0, 0.05) is 0 Å². The average Bonchev–Trinajstić information content (AvgIpc) is 2.12. The first-order valence-corrected chi connectivity index (χ1v) is 6.49. The maximum atomic E-state index is 13.4. The molecule has 3 atom stereocenters. The largest absolute Gasteiger partial charge is 0.375 e. The van der Waals surface area contributed by atoms with Gasteiger partial charge < -0.3 is 0 Å². The monoisotopic (exact) mass is 510 g/mol. The van der Waals surface area contributed by atoms with Crippen molar-refractivity contribution in [1.29, 1.82) is 0 Å². The quantitative estimate of drug-likeness (QED) is 0.234. The molecule has 122 valence electrons. The van der Waals surface area contributed by atoms with Crippen LogP contribution in [0.25, 0.3) is 0 Å². The molecule has 0 N–H and O–H groups in total. The van der Waals surface area contributed by atoms with Crippen LogP contribution >= 0.6 is 69.0 Å². The van der Waals surface area contributed by atoms with E-state index >= 15 is 0 Å². The van der Waals surface area contributed by atoms with Gasteiger partial charge in [-0.1, -0.05) is 34.8 Å². The topological polar surface area (TPSA) is 0 Å². The van der Waals surface area contributed by atoms with E-state index in [0.29, 0.717) is 0 Å². The van der Waals surface area contributed by atoms with Crippen LogP contribution in [0.2, 0.25) is 0 Å². The number of alkyl halides is 14. The number of hydrogen-bond acceptors (Lipinski definition) is 0. The van der Waals surface area contributed by atoms with Crippen LogP contribution in [-0.2, 0) is 0 Å². The lowest BCUT2D eigenvalue weighted by molar-refractivity contribution is -0.273. The number of rotatable bonds is 5. The van der Waals surface area contributed by atoms with Crippen LogP contribution in [0, 0.1) is 0 Å². The molecule has 0 spiro atoms. The van der Waals surface area contributed by atoms with Crippen LogP contribution in [0.15, 0.2) is 0 Å². The van der Waals surface area contributed by atoms with Gasteiger partial charge in [-0.05, 0) is 34.2 Å². The number of halogens is 14. The van der Waals surface area contributed by atoms with Crippen molar-refractivity contribution in [3.63, 3.8) is 0 Å². The summed E-state index contributed by atoms with van der Waals surface area (Å²) < 4.78 is 112. The molecule has 0 aliphatic rings. The van der Waals surface area contributed by atoms with Gasteiger partial charge in [0.15, 0.2) is 0 Å². The van der Waals surface area contributed by atoms with Gasteiger partial charge in [-0.3, -0.25) is 0 Å². The van der Waals surface area contributed by atoms with E-state index in [1.54, 1.807) is 0 Å². The molecule has 0 radical (unpaired) electrons. The highest BCUT2D eigenvalue weighted by atomic mass is 127. The number of hydrogen-bond donors (Lipinski definition) is 0. The first kappa shape index (κ1) is 21.3. The predicted octanol–water partition coefficient (Wildman–Crippen LogP) is 6.19. The van der Waals surface area contributed by atoms with Crippen molar-refractivity contribution in [3.8, 4) is 0 Å². The SMILES string of the molecule is FC(F)(Cl)C(F)(Cl)C(F)(F)C(F)(Cl)C(F)(F)C(F)(Cl)I. The Kier molecular flexibility index (Phi) is 5.75. The van der Waals surface area contributed by atoms with Crippen LogP contribution in [0.1, 0.15) is 0 Å². The van der Waals surface area contributed by atoms with Crippen molar-refractivity contribution in [2.45, 2.75) is 30.6 Å². The Labute approximate surface area is 139 Å².